The minimum atomic E-state index is 0.381. The van der Waals surface area contributed by atoms with Gasteiger partial charge in [0, 0.05) is 5.56 Å². The van der Waals surface area contributed by atoms with Crippen molar-refractivity contribution in [2.45, 2.75) is 13.5 Å². The molecule has 0 saturated carbocycles. The molecule has 0 fully saturated rings. The van der Waals surface area contributed by atoms with Crippen molar-refractivity contribution in [1.82, 2.24) is 19.5 Å². The molecule has 0 unspecified atom stereocenters. The third-order valence-corrected chi connectivity index (χ3v) is 3.33. The molecule has 0 atom stereocenters. The van der Waals surface area contributed by atoms with Gasteiger partial charge in [-0.2, -0.15) is 0 Å². The van der Waals surface area contributed by atoms with Gasteiger partial charge in [0.05, 0.1) is 20.0 Å². The van der Waals surface area contributed by atoms with Gasteiger partial charge >= 0.3 is 0 Å². The molecule has 1 aromatic carbocycles. The van der Waals surface area contributed by atoms with Crippen LogP contribution in [-0.4, -0.2) is 26.6 Å². The molecular weight excluding hydrogens is 276 g/mol. The second kappa shape index (κ2) is 5.09. The Morgan fingerprint density at radius 3 is 2.85 bits per heavy atom. The fraction of sp³-hybridized carbons (Fsp3) is 0.214. The first kappa shape index (κ1) is 12.9. The summed E-state index contributed by atoms with van der Waals surface area (Å²) < 4.78 is 7.30. The molecule has 6 heteroatoms. The van der Waals surface area contributed by atoms with Gasteiger partial charge in [-0.15, -0.1) is 0 Å². The van der Waals surface area contributed by atoms with Gasteiger partial charge in [0.1, 0.15) is 17.1 Å². The van der Waals surface area contributed by atoms with Crippen molar-refractivity contribution >= 4 is 22.8 Å². The third-order valence-electron chi connectivity index (χ3n) is 3.07. The SMILES string of the molecule is COc1ccccc1Cn1cnc2c(Cl)nc(C)nc21. The van der Waals surface area contributed by atoms with Crippen LogP contribution in [0.2, 0.25) is 5.15 Å². The smallest absolute Gasteiger partial charge is 0.165 e. The summed E-state index contributed by atoms with van der Waals surface area (Å²) in [4.78, 5) is 12.8. The summed E-state index contributed by atoms with van der Waals surface area (Å²) in [6, 6.07) is 7.86. The molecule has 102 valence electrons. The topological polar surface area (TPSA) is 52.8 Å². The minimum absolute atomic E-state index is 0.381. The van der Waals surface area contributed by atoms with Crippen LogP contribution in [0.25, 0.3) is 11.2 Å². The van der Waals surface area contributed by atoms with E-state index in [0.29, 0.717) is 23.0 Å². The number of rotatable bonds is 3. The van der Waals surface area contributed by atoms with Crippen LogP contribution in [0.5, 0.6) is 5.75 Å². The zero-order chi connectivity index (χ0) is 14.1. The molecule has 20 heavy (non-hydrogen) atoms. The number of hydrogen-bond acceptors (Lipinski definition) is 4. The highest BCUT2D eigenvalue weighted by Gasteiger charge is 2.11. The summed E-state index contributed by atoms with van der Waals surface area (Å²) in [5.41, 5.74) is 2.40. The standard InChI is InChI=1S/C14H13ClN4O/c1-9-17-13(15)12-14(18-9)19(8-16-12)7-10-5-3-4-6-11(10)20-2/h3-6,8H,7H2,1-2H3. The Bertz CT molecular complexity index is 769. The van der Waals surface area contributed by atoms with Crippen molar-refractivity contribution in [2.24, 2.45) is 0 Å². The van der Waals surface area contributed by atoms with Gasteiger partial charge in [0.15, 0.2) is 10.8 Å². The summed E-state index contributed by atoms with van der Waals surface area (Å²) >= 11 is 6.09. The van der Waals surface area contributed by atoms with Crippen LogP contribution < -0.4 is 4.74 Å². The summed E-state index contributed by atoms with van der Waals surface area (Å²) in [5.74, 6) is 1.47. The Morgan fingerprint density at radius 2 is 2.05 bits per heavy atom. The molecule has 0 N–H and O–H groups in total. The van der Waals surface area contributed by atoms with Crippen molar-refractivity contribution < 1.29 is 4.74 Å². The van der Waals surface area contributed by atoms with Gasteiger partial charge in [0.2, 0.25) is 0 Å². The average molecular weight is 289 g/mol. The van der Waals surface area contributed by atoms with Gasteiger partial charge in [0.25, 0.3) is 0 Å². The van der Waals surface area contributed by atoms with Crippen LogP contribution in [0.4, 0.5) is 0 Å². The molecule has 2 heterocycles. The van der Waals surface area contributed by atoms with Crippen LogP contribution in [0.3, 0.4) is 0 Å². The molecule has 3 rings (SSSR count). The van der Waals surface area contributed by atoms with Gasteiger partial charge in [-0.3, -0.25) is 0 Å². The maximum absolute atomic E-state index is 6.09. The summed E-state index contributed by atoms with van der Waals surface area (Å²) in [5, 5.41) is 0.381. The monoisotopic (exact) mass is 288 g/mol. The van der Waals surface area contributed by atoms with E-state index in [1.54, 1.807) is 13.4 Å². The molecule has 0 spiro atoms. The second-order valence-corrected chi connectivity index (χ2v) is 4.78. The lowest BCUT2D eigenvalue weighted by Gasteiger charge is -2.09. The molecule has 0 aliphatic carbocycles. The van der Waals surface area contributed by atoms with E-state index in [2.05, 4.69) is 15.0 Å². The number of halogens is 1. The minimum Gasteiger partial charge on any atom is -0.496 e. The van der Waals surface area contributed by atoms with Gasteiger partial charge < -0.3 is 9.30 Å². The van der Waals surface area contributed by atoms with Crippen molar-refractivity contribution in [1.29, 1.82) is 0 Å². The van der Waals surface area contributed by atoms with E-state index in [4.69, 9.17) is 16.3 Å². The highest BCUT2D eigenvalue weighted by Crippen LogP contribution is 2.22. The van der Waals surface area contributed by atoms with E-state index < -0.39 is 0 Å². The lowest BCUT2D eigenvalue weighted by molar-refractivity contribution is 0.408. The van der Waals surface area contributed by atoms with Crippen LogP contribution >= 0.6 is 11.6 Å². The average Bonchev–Trinajstić information content (AvgIpc) is 2.83. The second-order valence-electron chi connectivity index (χ2n) is 4.42. The fourth-order valence-electron chi connectivity index (χ4n) is 2.14. The number of hydrogen-bond donors (Lipinski definition) is 0. The van der Waals surface area contributed by atoms with E-state index in [0.717, 1.165) is 17.0 Å². The number of para-hydroxylation sites is 1. The first-order valence-corrected chi connectivity index (χ1v) is 6.53. The number of aryl methyl sites for hydroxylation is 1. The molecular formula is C14H13ClN4O. The van der Waals surface area contributed by atoms with E-state index in [1.807, 2.05) is 35.8 Å². The predicted molar refractivity (Wildman–Crippen MR) is 77.2 cm³/mol. The Hall–Kier alpha value is -2.14. The molecule has 0 radical (unpaired) electrons. The predicted octanol–water partition coefficient (Wildman–Crippen LogP) is 2.85. The van der Waals surface area contributed by atoms with Crippen molar-refractivity contribution in [3.05, 3.63) is 47.1 Å². The first-order chi connectivity index (χ1) is 9.69. The molecule has 2 aromatic heterocycles. The zero-order valence-electron chi connectivity index (χ0n) is 11.2. The number of benzene rings is 1. The molecule has 0 aliphatic rings. The lowest BCUT2D eigenvalue weighted by atomic mass is 10.2. The van der Waals surface area contributed by atoms with Crippen molar-refractivity contribution in [3.8, 4) is 5.75 Å². The number of imidazole rings is 1. The summed E-state index contributed by atoms with van der Waals surface area (Å²) in [6.07, 6.45) is 1.72. The van der Waals surface area contributed by atoms with E-state index in [-0.39, 0.29) is 0 Å². The van der Waals surface area contributed by atoms with Crippen molar-refractivity contribution in [3.63, 3.8) is 0 Å². The highest BCUT2D eigenvalue weighted by atomic mass is 35.5. The molecule has 0 saturated heterocycles. The Labute approximate surface area is 121 Å². The van der Waals surface area contributed by atoms with E-state index in [9.17, 15) is 0 Å². The van der Waals surface area contributed by atoms with Crippen LogP contribution in [0.15, 0.2) is 30.6 Å². The molecule has 3 aromatic rings. The number of fused-ring (bicyclic) bond motifs is 1. The largest absolute Gasteiger partial charge is 0.496 e. The Kier molecular flexibility index (Phi) is 3.28. The van der Waals surface area contributed by atoms with Gasteiger partial charge in [-0.25, -0.2) is 15.0 Å². The van der Waals surface area contributed by atoms with Crippen LogP contribution in [-0.2, 0) is 6.54 Å². The number of methoxy groups -OCH3 is 1. The van der Waals surface area contributed by atoms with E-state index >= 15 is 0 Å². The fourth-order valence-corrected chi connectivity index (χ4v) is 2.40. The van der Waals surface area contributed by atoms with Gasteiger partial charge in [-0.05, 0) is 13.0 Å². The summed E-state index contributed by atoms with van der Waals surface area (Å²) in [7, 11) is 1.66. The number of ether oxygens (including phenoxy) is 1. The number of nitrogens with zero attached hydrogens (tertiary/aromatic N) is 4. The maximum atomic E-state index is 6.09. The van der Waals surface area contributed by atoms with E-state index in [1.165, 1.54) is 0 Å². The quantitative estimate of drug-likeness (QED) is 0.696. The Morgan fingerprint density at radius 1 is 1.25 bits per heavy atom. The normalized spacial score (nSPS) is 10.9. The maximum Gasteiger partial charge on any atom is 0.165 e. The van der Waals surface area contributed by atoms with Crippen LogP contribution in [0, 0.1) is 6.92 Å². The van der Waals surface area contributed by atoms with Crippen LogP contribution in [0.1, 0.15) is 11.4 Å². The number of aromatic nitrogens is 4. The Balaban J connectivity index is 2.07. The molecule has 0 aliphatic heterocycles. The molecule has 0 amide bonds. The lowest BCUT2D eigenvalue weighted by Crippen LogP contribution is -2.02. The first-order valence-electron chi connectivity index (χ1n) is 6.16. The zero-order valence-corrected chi connectivity index (χ0v) is 11.9. The molecule has 0 bridgehead atoms. The summed E-state index contributed by atoms with van der Waals surface area (Å²) in [6.45, 7) is 2.43. The highest BCUT2D eigenvalue weighted by molar-refractivity contribution is 6.33. The molecule has 5 nitrogen and oxygen atoms in total. The van der Waals surface area contributed by atoms with Crippen molar-refractivity contribution in [2.75, 3.05) is 7.11 Å². The van der Waals surface area contributed by atoms with Gasteiger partial charge in [-0.1, -0.05) is 29.8 Å². The third kappa shape index (κ3) is 2.20.